The summed E-state index contributed by atoms with van der Waals surface area (Å²) in [7, 11) is 1.22. The number of nitrogens with zero attached hydrogens (tertiary/aromatic N) is 1. The Labute approximate surface area is 173 Å². The highest BCUT2D eigenvalue weighted by Gasteiger charge is 2.29. The molecule has 2 aromatic rings. The molecule has 0 unspecified atom stereocenters. The third-order valence-electron chi connectivity index (χ3n) is 3.40. The van der Waals surface area contributed by atoms with Crippen LogP contribution in [-0.2, 0) is 16.2 Å². The number of carboxylic acids is 1. The third kappa shape index (κ3) is 6.43. The molecule has 0 saturated carbocycles. The van der Waals surface area contributed by atoms with Crippen molar-refractivity contribution >= 4 is 34.9 Å². The van der Waals surface area contributed by atoms with E-state index >= 15 is 0 Å². The number of carbonyl (C=O) groups is 1. The van der Waals surface area contributed by atoms with Crippen LogP contribution in [0.15, 0.2) is 41.6 Å². The molecule has 0 bridgehead atoms. The Morgan fingerprint density at radius 1 is 1.14 bits per heavy atom. The minimum atomic E-state index is -4.54. The summed E-state index contributed by atoms with van der Waals surface area (Å²) in [4.78, 5) is 16.0. The van der Waals surface area contributed by atoms with Gasteiger partial charge in [-0.25, -0.2) is 4.79 Å². The van der Waals surface area contributed by atoms with Crippen LogP contribution in [-0.4, -0.2) is 36.7 Å². The second-order valence-electron chi connectivity index (χ2n) is 5.49. The number of ether oxygens (including phenoxy) is 2. The molecule has 11 heteroatoms. The molecule has 0 saturated heterocycles. The molecule has 29 heavy (non-hydrogen) atoms. The molecule has 0 aliphatic carbocycles. The zero-order valence-electron chi connectivity index (χ0n) is 14.8. The van der Waals surface area contributed by atoms with Gasteiger partial charge in [-0.05, 0) is 5.56 Å². The van der Waals surface area contributed by atoms with Crippen molar-refractivity contribution in [2.24, 2.45) is 5.16 Å². The molecule has 1 N–H and O–H groups in total. The highest BCUT2D eigenvalue weighted by Crippen LogP contribution is 2.38. The smallest absolute Gasteiger partial charge is 0.422 e. The minimum absolute atomic E-state index is 0.0956. The van der Waals surface area contributed by atoms with Gasteiger partial charge in [0, 0.05) is 17.7 Å². The van der Waals surface area contributed by atoms with Gasteiger partial charge in [-0.1, -0.05) is 52.6 Å². The van der Waals surface area contributed by atoms with Crippen molar-refractivity contribution in [3.63, 3.8) is 0 Å². The summed E-state index contributed by atoms with van der Waals surface area (Å²) in [6.07, 6.45) is -4.54. The first-order chi connectivity index (χ1) is 13.6. The number of alkyl halides is 3. The minimum Gasteiger partial charge on any atom is -0.489 e. The number of hydrogen-bond donors (Lipinski definition) is 1. The summed E-state index contributed by atoms with van der Waals surface area (Å²) < 4.78 is 47.1. The lowest BCUT2D eigenvalue weighted by molar-refractivity contribution is -0.153. The Morgan fingerprint density at radius 2 is 1.76 bits per heavy atom. The number of halogens is 5. The highest BCUT2D eigenvalue weighted by molar-refractivity contribution is 6.42. The molecular formula is C18H14Cl2F3NO5. The molecule has 156 valence electrons. The van der Waals surface area contributed by atoms with E-state index < -0.39 is 18.8 Å². The molecule has 2 rings (SSSR count). The largest absolute Gasteiger partial charge is 0.489 e. The first-order valence-corrected chi connectivity index (χ1v) is 8.62. The van der Waals surface area contributed by atoms with Gasteiger partial charge >= 0.3 is 12.1 Å². The van der Waals surface area contributed by atoms with E-state index in [0.717, 1.165) is 0 Å². The molecule has 0 heterocycles. The lowest BCUT2D eigenvalue weighted by Gasteiger charge is -2.14. The van der Waals surface area contributed by atoms with Crippen LogP contribution >= 0.6 is 23.2 Å². The van der Waals surface area contributed by atoms with Crippen LogP contribution in [0.4, 0.5) is 13.2 Å². The van der Waals surface area contributed by atoms with Gasteiger partial charge in [0.1, 0.15) is 19.5 Å². The Balaban J connectivity index is 2.21. The predicted molar refractivity (Wildman–Crippen MR) is 100.0 cm³/mol. The van der Waals surface area contributed by atoms with Gasteiger partial charge in [0.2, 0.25) is 0 Å². The summed E-state index contributed by atoms with van der Waals surface area (Å²) in [5.41, 5.74) is 0.415. The average Bonchev–Trinajstić information content (AvgIpc) is 2.63. The molecule has 0 spiro atoms. The van der Waals surface area contributed by atoms with E-state index in [2.05, 4.69) is 14.7 Å². The number of rotatable bonds is 8. The molecule has 0 aromatic heterocycles. The van der Waals surface area contributed by atoms with Crippen molar-refractivity contribution in [3.05, 3.63) is 57.6 Å². The van der Waals surface area contributed by atoms with Gasteiger partial charge < -0.3 is 19.4 Å². The van der Waals surface area contributed by atoms with Crippen LogP contribution in [0.25, 0.3) is 0 Å². The first-order valence-electron chi connectivity index (χ1n) is 7.86. The lowest BCUT2D eigenvalue weighted by Crippen LogP contribution is -2.19. The molecular weight excluding hydrogens is 438 g/mol. The summed E-state index contributed by atoms with van der Waals surface area (Å²) in [6.45, 7) is -1.64. The van der Waals surface area contributed by atoms with E-state index in [1.54, 1.807) is 18.2 Å². The third-order valence-corrected chi connectivity index (χ3v) is 3.97. The Kier molecular flexibility index (Phi) is 7.58. The van der Waals surface area contributed by atoms with Crippen LogP contribution < -0.4 is 9.47 Å². The van der Waals surface area contributed by atoms with Crippen molar-refractivity contribution < 1.29 is 37.4 Å². The summed E-state index contributed by atoms with van der Waals surface area (Å²) in [6, 6.07) is 8.91. The van der Waals surface area contributed by atoms with E-state index in [1.165, 1.54) is 25.3 Å². The number of benzene rings is 2. The molecule has 0 radical (unpaired) electrons. The van der Waals surface area contributed by atoms with Crippen LogP contribution in [0.2, 0.25) is 10.0 Å². The topological polar surface area (TPSA) is 77.4 Å². The molecule has 0 atom stereocenters. The van der Waals surface area contributed by atoms with Crippen LogP contribution in [0.5, 0.6) is 11.5 Å². The summed E-state index contributed by atoms with van der Waals surface area (Å²) >= 11 is 11.9. The lowest BCUT2D eigenvalue weighted by atomic mass is 10.0. The zero-order valence-corrected chi connectivity index (χ0v) is 16.3. The quantitative estimate of drug-likeness (QED) is 0.453. The maximum absolute atomic E-state index is 12.3. The molecule has 0 aliphatic heterocycles. The fourth-order valence-corrected chi connectivity index (χ4v) is 2.82. The van der Waals surface area contributed by atoms with Crippen molar-refractivity contribution in [1.29, 1.82) is 0 Å². The van der Waals surface area contributed by atoms with E-state index in [9.17, 15) is 23.1 Å². The molecule has 6 nitrogen and oxygen atoms in total. The van der Waals surface area contributed by atoms with Crippen molar-refractivity contribution in [3.8, 4) is 11.5 Å². The van der Waals surface area contributed by atoms with Crippen molar-refractivity contribution in [2.75, 3.05) is 13.7 Å². The average molecular weight is 452 g/mol. The molecule has 0 amide bonds. The van der Waals surface area contributed by atoms with Gasteiger partial charge in [0.15, 0.2) is 18.1 Å². The van der Waals surface area contributed by atoms with Crippen LogP contribution in [0.1, 0.15) is 11.1 Å². The fraction of sp³-hybridized carbons (Fsp3) is 0.222. The fourth-order valence-electron chi connectivity index (χ4n) is 2.24. The second-order valence-corrected chi connectivity index (χ2v) is 6.31. The summed E-state index contributed by atoms with van der Waals surface area (Å²) in [5.74, 6) is -1.47. The number of carboxylic acid groups (broad SMARTS) is 1. The second kappa shape index (κ2) is 9.71. The number of oxime groups is 1. The van der Waals surface area contributed by atoms with Gasteiger partial charge in [-0.2, -0.15) is 13.2 Å². The summed E-state index contributed by atoms with van der Waals surface area (Å²) in [5, 5.41) is 12.5. The zero-order chi connectivity index (χ0) is 21.6. The standard InChI is InChI=1S/C18H14Cl2F3NO5/c1-27-24-15(17(25)26)12-5-3-2-4-10(12)8-28-11-6-13(19)16(14(20)7-11)29-9-18(21,22)23/h2-7H,8-9H2,1H3,(H,25,26)/b24-15+. The maximum Gasteiger partial charge on any atom is 0.422 e. The maximum atomic E-state index is 12.3. The molecule has 0 aliphatic rings. The monoisotopic (exact) mass is 451 g/mol. The van der Waals surface area contributed by atoms with E-state index in [1.807, 2.05) is 0 Å². The van der Waals surface area contributed by atoms with Gasteiger partial charge in [-0.15, -0.1) is 0 Å². The Morgan fingerprint density at radius 3 is 2.31 bits per heavy atom. The van der Waals surface area contributed by atoms with Crippen molar-refractivity contribution in [1.82, 2.24) is 0 Å². The van der Waals surface area contributed by atoms with Gasteiger partial charge in [-0.3, -0.25) is 0 Å². The molecule has 0 fully saturated rings. The Hall–Kier alpha value is -2.65. The van der Waals surface area contributed by atoms with E-state index in [-0.39, 0.29) is 39.4 Å². The normalized spacial score (nSPS) is 11.9. The number of aliphatic carboxylic acids is 1. The van der Waals surface area contributed by atoms with Crippen molar-refractivity contribution in [2.45, 2.75) is 12.8 Å². The van der Waals surface area contributed by atoms with Gasteiger partial charge in [0.05, 0.1) is 10.0 Å². The van der Waals surface area contributed by atoms with Crippen LogP contribution in [0.3, 0.4) is 0 Å². The number of hydrogen-bond acceptors (Lipinski definition) is 5. The highest BCUT2D eigenvalue weighted by atomic mass is 35.5. The van der Waals surface area contributed by atoms with Crippen LogP contribution in [0, 0.1) is 0 Å². The molecule has 2 aromatic carbocycles. The predicted octanol–water partition coefficient (Wildman–Crippen LogP) is 4.95. The van der Waals surface area contributed by atoms with E-state index in [0.29, 0.717) is 5.56 Å². The van der Waals surface area contributed by atoms with Gasteiger partial charge in [0.25, 0.3) is 0 Å². The SMILES string of the molecule is CO/N=C(/C(=O)O)c1ccccc1COc1cc(Cl)c(OCC(F)(F)F)c(Cl)c1. The Bertz CT molecular complexity index is 896. The van der Waals surface area contributed by atoms with E-state index in [4.69, 9.17) is 27.9 Å². The first kappa shape index (κ1) is 22.6.